The van der Waals surface area contributed by atoms with Crippen molar-refractivity contribution in [1.29, 1.82) is 0 Å². The minimum absolute atomic E-state index is 0.155. The lowest BCUT2D eigenvalue weighted by Gasteiger charge is -2.13. The zero-order chi connectivity index (χ0) is 7.40. The molecule has 2 heteroatoms. The number of halogens is 1. The Kier molecular flexibility index (Phi) is 3.13. The fourth-order valence-electron chi connectivity index (χ4n) is 1.63. The molecule has 1 saturated carbocycles. The molecule has 0 saturated heterocycles. The summed E-state index contributed by atoms with van der Waals surface area (Å²) in [6, 6.07) is 0. The number of hydrogen-bond donors (Lipinski definition) is 1. The van der Waals surface area contributed by atoms with Gasteiger partial charge in [0.1, 0.15) is 0 Å². The first-order valence-corrected chi connectivity index (χ1v) is 4.20. The van der Waals surface area contributed by atoms with Gasteiger partial charge < -0.3 is 5.73 Å². The third-order valence-electron chi connectivity index (χ3n) is 2.35. The lowest BCUT2D eigenvalue weighted by Crippen LogP contribution is -2.24. The van der Waals surface area contributed by atoms with Crippen LogP contribution in [0, 0.1) is 5.92 Å². The van der Waals surface area contributed by atoms with Crippen molar-refractivity contribution >= 4 is 0 Å². The average molecular weight is 145 g/mol. The molecule has 0 aliphatic heterocycles. The molecule has 1 atom stereocenters. The monoisotopic (exact) mass is 145 g/mol. The second-order valence-electron chi connectivity index (χ2n) is 3.20. The molecule has 1 aliphatic carbocycles. The molecule has 0 radical (unpaired) electrons. The molecule has 0 aromatic carbocycles. The van der Waals surface area contributed by atoms with Crippen LogP contribution in [0.15, 0.2) is 0 Å². The highest BCUT2D eigenvalue weighted by Crippen LogP contribution is 2.24. The van der Waals surface area contributed by atoms with E-state index in [1.807, 2.05) is 0 Å². The van der Waals surface area contributed by atoms with Crippen molar-refractivity contribution in [2.45, 2.75) is 44.8 Å². The first-order valence-electron chi connectivity index (χ1n) is 4.20. The molecule has 1 fully saturated rings. The molecule has 0 aromatic heterocycles. The molecule has 60 valence electrons. The molecule has 1 aliphatic rings. The first-order chi connectivity index (χ1) is 4.80. The van der Waals surface area contributed by atoms with E-state index in [9.17, 15) is 4.39 Å². The number of nitrogens with two attached hydrogens (primary N) is 1. The predicted molar refractivity (Wildman–Crippen MR) is 40.3 cm³/mol. The largest absolute Gasteiger partial charge is 0.302 e. The molecule has 1 rings (SSSR count). The van der Waals surface area contributed by atoms with E-state index in [0.29, 0.717) is 0 Å². The van der Waals surface area contributed by atoms with Gasteiger partial charge in [-0.1, -0.05) is 25.7 Å². The Hall–Kier alpha value is -0.110. The van der Waals surface area contributed by atoms with Crippen molar-refractivity contribution in [3.8, 4) is 0 Å². The molecule has 0 heterocycles. The van der Waals surface area contributed by atoms with Gasteiger partial charge in [0.15, 0.2) is 6.30 Å². The van der Waals surface area contributed by atoms with Crippen LogP contribution in [-0.2, 0) is 0 Å². The lowest BCUT2D eigenvalue weighted by atomic mass is 10.00. The smallest absolute Gasteiger partial charge is 0.151 e. The van der Waals surface area contributed by atoms with Crippen LogP contribution < -0.4 is 5.73 Å². The van der Waals surface area contributed by atoms with Crippen molar-refractivity contribution < 1.29 is 4.39 Å². The highest BCUT2D eigenvalue weighted by atomic mass is 19.1. The Bertz CT molecular complexity index is 85.3. The molecular weight excluding hydrogens is 129 g/mol. The van der Waals surface area contributed by atoms with E-state index >= 15 is 0 Å². The summed E-state index contributed by atoms with van der Waals surface area (Å²) in [4.78, 5) is 0. The van der Waals surface area contributed by atoms with Gasteiger partial charge >= 0.3 is 0 Å². The van der Waals surface area contributed by atoms with E-state index in [2.05, 4.69) is 0 Å². The molecule has 1 unspecified atom stereocenters. The van der Waals surface area contributed by atoms with Gasteiger partial charge in [-0.05, 0) is 12.8 Å². The van der Waals surface area contributed by atoms with Crippen LogP contribution in [0.3, 0.4) is 0 Å². The minimum Gasteiger partial charge on any atom is -0.302 e. The van der Waals surface area contributed by atoms with E-state index < -0.39 is 6.30 Å². The van der Waals surface area contributed by atoms with Crippen LogP contribution in [0.5, 0.6) is 0 Å². The van der Waals surface area contributed by atoms with Crippen LogP contribution in [-0.4, -0.2) is 6.30 Å². The highest BCUT2D eigenvalue weighted by Gasteiger charge is 2.17. The van der Waals surface area contributed by atoms with Crippen molar-refractivity contribution in [3.05, 3.63) is 0 Å². The summed E-state index contributed by atoms with van der Waals surface area (Å²) in [5.74, 6) is 0.155. The van der Waals surface area contributed by atoms with E-state index in [-0.39, 0.29) is 5.92 Å². The van der Waals surface area contributed by atoms with Crippen LogP contribution in [0.1, 0.15) is 38.5 Å². The van der Waals surface area contributed by atoms with Gasteiger partial charge in [0.05, 0.1) is 0 Å². The van der Waals surface area contributed by atoms with Gasteiger partial charge in [0.25, 0.3) is 0 Å². The number of rotatable bonds is 1. The predicted octanol–water partition coefficient (Wildman–Crippen LogP) is 2.21. The second kappa shape index (κ2) is 3.91. The molecule has 0 aromatic rings. The van der Waals surface area contributed by atoms with Gasteiger partial charge in [-0.3, -0.25) is 0 Å². The van der Waals surface area contributed by atoms with Crippen molar-refractivity contribution in [2.24, 2.45) is 11.7 Å². The molecular formula is C8H16FN. The Balaban J connectivity index is 2.28. The lowest BCUT2D eigenvalue weighted by molar-refractivity contribution is 0.215. The van der Waals surface area contributed by atoms with Crippen LogP contribution in [0.4, 0.5) is 4.39 Å². The zero-order valence-corrected chi connectivity index (χ0v) is 6.35. The molecule has 0 amide bonds. The second-order valence-corrected chi connectivity index (χ2v) is 3.20. The Morgan fingerprint density at radius 2 is 1.60 bits per heavy atom. The van der Waals surface area contributed by atoms with Crippen LogP contribution >= 0.6 is 0 Å². The highest BCUT2D eigenvalue weighted by molar-refractivity contribution is 4.67. The van der Waals surface area contributed by atoms with Crippen molar-refractivity contribution in [1.82, 2.24) is 0 Å². The van der Waals surface area contributed by atoms with Gasteiger partial charge in [0.2, 0.25) is 0 Å². The summed E-state index contributed by atoms with van der Waals surface area (Å²) in [7, 11) is 0. The van der Waals surface area contributed by atoms with Crippen LogP contribution in [0.25, 0.3) is 0 Å². The molecule has 2 N–H and O–H groups in total. The SMILES string of the molecule is NC(F)C1CCCCCC1. The quantitative estimate of drug-likeness (QED) is 0.444. The Labute approximate surface area is 61.8 Å². The maximum atomic E-state index is 12.5. The van der Waals surface area contributed by atoms with E-state index in [1.165, 1.54) is 25.7 Å². The van der Waals surface area contributed by atoms with Gasteiger partial charge in [-0.2, -0.15) is 0 Å². The summed E-state index contributed by atoms with van der Waals surface area (Å²) in [6.07, 6.45) is 5.80. The molecule has 1 nitrogen and oxygen atoms in total. The Morgan fingerprint density at radius 1 is 1.10 bits per heavy atom. The summed E-state index contributed by atoms with van der Waals surface area (Å²) in [5, 5.41) is 0. The number of hydrogen-bond acceptors (Lipinski definition) is 1. The number of alkyl halides is 1. The standard InChI is InChI=1S/C8H16FN/c9-8(10)7-5-3-1-2-4-6-7/h7-8H,1-6,10H2. The summed E-state index contributed by atoms with van der Waals surface area (Å²) in [6.45, 7) is 0. The topological polar surface area (TPSA) is 26.0 Å². The first kappa shape index (κ1) is 7.99. The van der Waals surface area contributed by atoms with E-state index in [1.54, 1.807) is 0 Å². The van der Waals surface area contributed by atoms with Crippen molar-refractivity contribution in [3.63, 3.8) is 0 Å². The van der Waals surface area contributed by atoms with Crippen LogP contribution in [0.2, 0.25) is 0 Å². The summed E-state index contributed by atoms with van der Waals surface area (Å²) < 4.78 is 12.5. The molecule has 0 bridgehead atoms. The van der Waals surface area contributed by atoms with Gasteiger partial charge in [0, 0.05) is 5.92 Å². The third-order valence-corrected chi connectivity index (χ3v) is 2.35. The normalized spacial score (nSPS) is 25.8. The van der Waals surface area contributed by atoms with Gasteiger partial charge in [-0.15, -0.1) is 0 Å². The van der Waals surface area contributed by atoms with Gasteiger partial charge in [-0.25, -0.2) is 4.39 Å². The molecule has 10 heavy (non-hydrogen) atoms. The Morgan fingerprint density at radius 3 is 2.00 bits per heavy atom. The summed E-state index contributed by atoms with van der Waals surface area (Å²) >= 11 is 0. The maximum Gasteiger partial charge on any atom is 0.151 e. The van der Waals surface area contributed by atoms with E-state index in [4.69, 9.17) is 5.73 Å². The average Bonchev–Trinajstić information content (AvgIpc) is 2.12. The fraction of sp³-hybridized carbons (Fsp3) is 1.00. The zero-order valence-electron chi connectivity index (χ0n) is 6.35. The maximum absolute atomic E-state index is 12.5. The minimum atomic E-state index is -1.07. The van der Waals surface area contributed by atoms with Crippen molar-refractivity contribution in [2.75, 3.05) is 0 Å². The fourth-order valence-corrected chi connectivity index (χ4v) is 1.63. The molecule has 0 spiro atoms. The third kappa shape index (κ3) is 2.25. The summed E-state index contributed by atoms with van der Waals surface area (Å²) in [5.41, 5.74) is 5.17. The van der Waals surface area contributed by atoms with E-state index in [0.717, 1.165) is 12.8 Å².